The third-order valence-electron chi connectivity index (χ3n) is 2.94. The van der Waals surface area contributed by atoms with Gasteiger partial charge in [0.15, 0.2) is 0 Å². The third kappa shape index (κ3) is 4.74. The maximum Gasteiger partial charge on any atom is 0.416 e. The molecule has 23 heavy (non-hydrogen) atoms. The lowest BCUT2D eigenvalue weighted by molar-refractivity contribution is -0.137. The van der Waals surface area contributed by atoms with Crippen LogP contribution in [0.5, 0.6) is 0 Å². The van der Waals surface area contributed by atoms with Crippen molar-refractivity contribution in [3.05, 3.63) is 59.7 Å². The van der Waals surface area contributed by atoms with E-state index in [-0.39, 0.29) is 12.2 Å². The Balaban J connectivity index is 1.93. The molecule has 0 aromatic heterocycles. The summed E-state index contributed by atoms with van der Waals surface area (Å²) in [7, 11) is 0. The average Bonchev–Trinajstić information content (AvgIpc) is 2.53. The molecule has 2 aromatic rings. The van der Waals surface area contributed by atoms with Gasteiger partial charge in [-0.3, -0.25) is 4.79 Å². The van der Waals surface area contributed by atoms with E-state index in [1.807, 2.05) is 6.07 Å². The number of anilines is 2. The number of halogens is 3. The van der Waals surface area contributed by atoms with Crippen LogP contribution in [0.4, 0.5) is 24.5 Å². The molecule has 0 aliphatic carbocycles. The normalized spacial score (nSPS) is 10.7. The molecule has 0 heterocycles. The predicted molar refractivity (Wildman–Crippen MR) is 79.7 cm³/mol. The van der Waals surface area contributed by atoms with Crippen LogP contribution >= 0.6 is 0 Å². The molecule has 0 radical (unpaired) electrons. The van der Waals surface area contributed by atoms with E-state index in [2.05, 4.69) is 10.6 Å². The van der Waals surface area contributed by atoms with Gasteiger partial charge in [-0.2, -0.15) is 18.4 Å². The lowest BCUT2D eigenvalue weighted by Gasteiger charge is -2.10. The molecule has 0 saturated heterocycles. The second kappa shape index (κ2) is 6.83. The van der Waals surface area contributed by atoms with Crippen LogP contribution < -0.4 is 10.6 Å². The third-order valence-corrected chi connectivity index (χ3v) is 2.94. The molecule has 4 nitrogen and oxygen atoms in total. The maximum absolute atomic E-state index is 12.6. The Morgan fingerprint density at radius 2 is 1.78 bits per heavy atom. The van der Waals surface area contributed by atoms with Crippen LogP contribution in [0.15, 0.2) is 48.5 Å². The SMILES string of the molecule is N#Cc1ccc(NCC(=O)Nc2cccc(C(F)(F)F)c2)cc1. The molecular formula is C16H12F3N3O. The number of benzene rings is 2. The zero-order valence-electron chi connectivity index (χ0n) is 11.8. The molecule has 0 aliphatic heterocycles. The number of rotatable bonds is 4. The van der Waals surface area contributed by atoms with E-state index < -0.39 is 17.6 Å². The highest BCUT2D eigenvalue weighted by atomic mass is 19.4. The quantitative estimate of drug-likeness (QED) is 0.904. The van der Waals surface area contributed by atoms with Gasteiger partial charge in [-0.05, 0) is 42.5 Å². The standard InChI is InChI=1S/C16H12F3N3O/c17-16(18,19)12-2-1-3-14(8-12)22-15(23)10-21-13-6-4-11(9-20)5-7-13/h1-8,21H,10H2,(H,22,23). The van der Waals surface area contributed by atoms with E-state index in [1.54, 1.807) is 24.3 Å². The molecule has 2 aromatic carbocycles. The van der Waals surface area contributed by atoms with Crippen molar-refractivity contribution in [2.45, 2.75) is 6.18 Å². The number of alkyl halides is 3. The fourth-order valence-electron chi connectivity index (χ4n) is 1.82. The highest BCUT2D eigenvalue weighted by Gasteiger charge is 2.30. The lowest BCUT2D eigenvalue weighted by atomic mass is 10.2. The monoisotopic (exact) mass is 319 g/mol. The van der Waals surface area contributed by atoms with Crippen LogP contribution in [0.2, 0.25) is 0 Å². The van der Waals surface area contributed by atoms with E-state index in [1.165, 1.54) is 12.1 Å². The molecule has 0 fully saturated rings. The van der Waals surface area contributed by atoms with Gasteiger partial charge in [0.05, 0.1) is 23.7 Å². The van der Waals surface area contributed by atoms with Gasteiger partial charge in [-0.15, -0.1) is 0 Å². The molecule has 118 valence electrons. The molecule has 0 atom stereocenters. The van der Waals surface area contributed by atoms with Crippen LogP contribution in [-0.2, 0) is 11.0 Å². The van der Waals surface area contributed by atoms with Crippen molar-refractivity contribution in [3.8, 4) is 6.07 Å². The number of amides is 1. The lowest BCUT2D eigenvalue weighted by Crippen LogP contribution is -2.22. The number of hydrogen-bond donors (Lipinski definition) is 2. The number of carbonyl (C=O) groups is 1. The van der Waals surface area contributed by atoms with Crippen molar-refractivity contribution < 1.29 is 18.0 Å². The summed E-state index contributed by atoms with van der Waals surface area (Å²) in [5.74, 6) is -0.478. The summed E-state index contributed by atoms with van der Waals surface area (Å²) in [5.41, 5.74) is 0.369. The molecule has 2 rings (SSSR count). The summed E-state index contributed by atoms with van der Waals surface area (Å²) in [5, 5.41) is 13.9. The van der Waals surface area contributed by atoms with E-state index in [0.717, 1.165) is 12.1 Å². The van der Waals surface area contributed by atoms with Crippen molar-refractivity contribution in [3.63, 3.8) is 0 Å². The Labute approximate surface area is 130 Å². The van der Waals surface area contributed by atoms with Crippen LogP contribution in [-0.4, -0.2) is 12.5 Å². The van der Waals surface area contributed by atoms with Gasteiger partial charge in [0.2, 0.25) is 5.91 Å². The van der Waals surface area contributed by atoms with Crippen molar-refractivity contribution in [2.75, 3.05) is 17.2 Å². The fourth-order valence-corrected chi connectivity index (χ4v) is 1.82. The van der Waals surface area contributed by atoms with Gasteiger partial charge < -0.3 is 10.6 Å². The van der Waals surface area contributed by atoms with Crippen LogP contribution in [0.3, 0.4) is 0 Å². The Kier molecular flexibility index (Phi) is 4.86. The first-order valence-corrected chi connectivity index (χ1v) is 6.59. The number of nitrogens with one attached hydrogen (secondary N) is 2. The molecule has 1 amide bonds. The minimum absolute atomic E-state index is 0.0754. The van der Waals surface area contributed by atoms with E-state index >= 15 is 0 Å². The number of carbonyl (C=O) groups excluding carboxylic acids is 1. The summed E-state index contributed by atoms with van der Waals surface area (Å²) >= 11 is 0. The van der Waals surface area contributed by atoms with Crippen molar-refractivity contribution in [1.29, 1.82) is 5.26 Å². The topological polar surface area (TPSA) is 64.9 Å². The minimum atomic E-state index is -4.46. The highest BCUT2D eigenvalue weighted by molar-refractivity contribution is 5.93. The molecule has 7 heteroatoms. The Bertz CT molecular complexity index is 733. The molecule has 0 unspecified atom stereocenters. The van der Waals surface area contributed by atoms with Gasteiger partial charge in [0, 0.05) is 11.4 Å². The molecule has 0 spiro atoms. The van der Waals surface area contributed by atoms with Gasteiger partial charge in [0.25, 0.3) is 0 Å². The zero-order chi connectivity index (χ0) is 16.9. The summed E-state index contributed by atoms with van der Waals surface area (Å²) in [4.78, 5) is 11.8. The summed E-state index contributed by atoms with van der Waals surface area (Å²) in [6.07, 6.45) is -4.46. The van der Waals surface area contributed by atoms with Crippen LogP contribution in [0.1, 0.15) is 11.1 Å². The number of hydrogen-bond acceptors (Lipinski definition) is 3. The second-order valence-electron chi connectivity index (χ2n) is 4.67. The summed E-state index contributed by atoms with van der Waals surface area (Å²) in [6, 6.07) is 12.8. The number of nitriles is 1. The molecule has 0 bridgehead atoms. The molecule has 0 saturated carbocycles. The molecule has 0 aliphatic rings. The Morgan fingerprint density at radius 1 is 1.09 bits per heavy atom. The predicted octanol–water partition coefficient (Wildman–Crippen LogP) is 3.63. The zero-order valence-corrected chi connectivity index (χ0v) is 11.8. The minimum Gasteiger partial charge on any atom is -0.376 e. The molecule has 2 N–H and O–H groups in total. The maximum atomic E-state index is 12.6. The van der Waals surface area contributed by atoms with Crippen molar-refractivity contribution in [2.24, 2.45) is 0 Å². The van der Waals surface area contributed by atoms with E-state index in [9.17, 15) is 18.0 Å². The van der Waals surface area contributed by atoms with Gasteiger partial charge in [-0.25, -0.2) is 0 Å². The smallest absolute Gasteiger partial charge is 0.376 e. The summed E-state index contributed by atoms with van der Waals surface area (Å²) in [6.45, 7) is -0.109. The highest BCUT2D eigenvalue weighted by Crippen LogP contribution is 2.30. The number of nitrogens with zero attached hydrogens (tertiary/aromatic N) is 1. The Morgan fingerprint density at radius 3 is 2.39 bits per heavy atom. The van der Waals surface area contributed by atoms with Crippen molar-refractivity contribution >= 4 is 17.3 Å². The van der Waals surface area contributed by atoms with E-state index in [0.29, 0.717) is 11.3 Å². The van der Waals surface area contributed by atoms with E-state index in [4.69, 9.17) is 5.26 Å². The first-order chi connectivity index (χ1) is 10.9. The average molecular weight is 319 g/mol. The van der Waals surface area contributed by atoms with Gasteiger partial charge in [0.1, 0.15) is 0 Å². The van der Waals surface area contributed by atoms with Crippen molar-refractivity contribution in [1.82, 2.24) is 0 Å². The largest absolute Gasteiger partial charge is 0.416 e. The summed E-state index contributed by atoms with van der Waals surface area (Å²) < 4.78 is 37.8. The first-order valence-electron chi connectivity index (χ1n) is 6.59. The van der Waals surface area contributed by atoms with Crippen LogP contribution in [0.25, 0.3) is 0 Å². The van der Waals surface area contributed by atoms with Gasteiger partial charge >= 0.3 is 6.18 Å². The van der Waals surface area contributed by atoms with Gasteiger partial charge in [-0.1, -0.05) is 6.07 Å². The second-order valence-corrected chi connectivity index (χ2v) is 4.67. The first kappa shape index (κ1) is 16.4. The Hall–Kier alpha value is -3.01. The fraction of sp³-hybridized carbons (Fsp3) is 0.125. The van der Waals surface area contributed by atoms with Crippen LogP contribution in [0, 0.1) is 11.3 Å². The molecular weight excluding hydrogens is 307 g/mol.